The normalized spacial score (nSPS) is 15.6. The third kappa shape index (κ3) is 3.12. The van der Waals surface area contributed by atoms with Gasteiger partial charge >= 0.3 is 0 Å². The van der Waals surface area contributed by atoms with Gasteiger partial charge in [0.2, 0.25) is 5.95 Å². The van der Waals surface area contributed by atoms with Gasteiger partial charge in [0, 0.05) is 36.1 Å². The van der Waals surface area contributed by atoms with Crippen molar-refractivity contribution in [1.29, 1.82) is 0 Å². The predicted molar refractivity (Wildman–Crippen MR) is 99.2 cm³/mol. The first kappa shape index (κ1) is 16.8. The standard InChI is InChI=1S/C20H20F2N4/c1-23-14-8-10-26(11-9-14)20-24-18-5-3-2-4-16(18)19(25-20)15-7-6-13(21)12-17(15)22/h2-7,12,14,23H,8-11H2,1H3. The molecule has 6 heteroatoms. The van der Waals surface area contributed by atoms with E-state index >= 15 is 0 Å². The van der Waals surface area contributed by atoms with Crippen LogP contribution in [0.15, 0.2) is 42.5 Å². The molecule has 0 aliphatic carbocycles. The van der Waals surface area contributed by atoms with Crippen molar-refractivity contribution in [3.05, 3.63) is 54.1 Å². The summed E-state index contributed by atoms with van der Waals surface area (Å²) in [6.45, 7) is 1.68. The molecule has 4 nitrogen and oxygen atoms in total. The molecule has 2 aromatic carbocycles. The summed E-state index contributed by atoms with van der Waals surface area (Å²) in [5, 5.41) is 4.06. The molecule has 1 fully saturated rings. The van der Waals surface area contributed by atoms with Gasteiger partial charge in [-0.2, -0.15) is 0 Å². The second-order valence-electron chi connectivity index (χ2n) is 6.56. The summed E-state index contributed by atoms with van der Waals surface area (Å²) >= 11 is 0. The van der Waals surface area contributed by atoms with Gasteiger partial charge in [-0.25, -0.2) is 18.7 Å². The Hall–Kier alpha value is -2.60. The third-order valence-electron chi connectivity index (χ3n) is 4.96. The maximum atomic E-state index is 14.4. The Labute approximate surface area is 150 Å². The van der Waals surface area contributed by atoms with Crippen molar-refractivity contribution < 1.29 is 8.78 Å². The van der Waals surface area contributed by atoms with E-state index < -0.39 is 11.6 Å². The van der Waals surface area contributed by atoms with Crippen LogP contribution < -0.4 is 10.2 Å². The molecule has 1 N–H and O–H groups in total. The maximum absolute atomic E-state index is 14.4. The van der Waals surface area contributed by atoms with Gasteiger partial charge in [0.25, 0.3) is 0 Å². The molecule has 134 valence electrons. The van der Waals surface area contributed by atoms with Gasteiger partial charge < -0.3 is 10.2 Å². The lowest BCUT2D eigenvalue weighted by atomic mass is 10.0. The van der Waals surface area contributed by atoms with Crippen LogP contribution in [0.4, 0.5) is 14.7 Å². The van der Waals surface area contributed by atoms with Gasteiger partial charge in [0.05, 0.1) is 11.2 Å². The summed E-state index contributed by atoms with van der Waals surface area (Å²) in [5.74, 6) is -0.621. The van der Waals surface area contributed by atoms with E-state index in [0.29, 0.717) is 17.7 Å². The molecule has 0 radical (unpaired) electrons. The van der Waals surface area contributed by atoms with Gasteiger partial charge in [0.1, 0.15) is 11.6 Å². The van der Waals surface area contributed by atoms with E-state index in [1.807, 2.05) is 31.3 Å². The smallest absolute Gasteiger partial charge is 0.226 e. The number of piperidine rings is 1. The average Bonchev–Trinajstić information content (AvgIpc) is 2.67. The third-order valence-corrected chi connectivity index (χ3v) is 4.96. The highest BCUT2D eigenvalue weighted by molar-refractivity contribution is 5.93. The Balaban J connectivity index is 1.81. The molecule has 0 saturated carbocycles. The molecule has 1 aromatic heterocycles. The second-order valence-corrected chi connectivity index (χ2v) is 6.56. The minimum Gasteiger partial charge on any atom is -0.341 e. The van der Waals surface area contributed by atoms with Crippen molar-refractivity contribution in [2.45, 2.75) is 18.9 Å². The molecule has 26 heavy (non-hydrogen) atoms. The van der Waals surface area contributed by atoms with Gasteiger partial charge in [-0.15, -0.1) is 0 Å². The lowest BCUT2D eigenvalue weighted by molar-refractivity contribution is 0.439. The van der Waals surface area contributed by atoms with E-state index in [1.54, 1.807) is 0 Å². The van der Waals surface area contributed by atoms with E-state index in [2.05, 4.69) is 20.2 Å². The highest BCUT2D eigenvalue weighted by Gasteiger charge is 2.22. The van der Waals surface area contributed by atoms with Crippen LogP contribution in [0.5, 0.6) is 0 Å². The SMILES string of the molecule is CNC1CCN(c2nc(-c3ccc(F)cc3F)c3ccccc3n2)CC1. The number of aromatic nitrogens is 2. The lowest BCUT2D eigenvalue weighted by Crippen LogP contribution is -2.41. The number of hydrogen-bond acceptors (Lipinski definition) is 4. The van der Waals surface area contributed by atoms with Crippen molar-refractivity contribution in [1.82, 2.24) is 15.3 Å². The summed E-state index contributed by atoms with van der Waals surface area (Å²) in [6.07, 6.45) is 2.01. The first-order valence-corrected chi connectivity index (χ1v) is 8.80. The molecule has 2 heterocycles. The molecule has 0 spiro atoms. The van der Waals surface area contributed by atoms with Crippen LogP contribution in [0.1, 0.15) is 12.8 Å². The molecule has 3 aromatic rings. The molecule has 0 amide bonds. The number of nitrogens with one attached hydrogen (secondary N) is 1. The zero-order valence-electron chi connectivity index (χ0n) is 14.5. The van der Waals surface area contributed by atoms with E-state index in [1.165, 1.54) is 12.1 Å². The molecule has 1 saturated heterocycles. The largest absolute Gasteiger partial charge is 0.341 e. The zero-order chi connectivity index (χ0) is 18.1. The number of anilines is 1. The molecular weight excluding hydrogens is 334 g/mol. The fourth-order valence-electron chi connectivity index (χ4n) is 3.46. The number of halogens is 2. The fraction of sp³-hybridized carbons (Fsp3) is 0.300. The quantitative estimate of drug-likeness (QED) is 0.777. The zero-order valence-corrected chi connectivity index (χ0v) is 14.5. The van der Waals surface area contributed by atoms with Crippen molar-refractivity contribution >= 4 is 16.9 Å². The lowest BCUT2D eigenvalue weighted by Gasteiger charge is -2.32. The molecule has 4 rings (SSSR count). The van der Waals surface area contributed by atoms with Crippen LogP contribution >= 0.6 is 0 Å². The topological polar surface area (TPSA) is 41.0 Å². The fourth-order valence-corrected chi connectivity index (χ4v) is 3.46. The number of hydrogen-bond donors (Lipinski definition) is 1. The van der Waals surface area contributed by atoms with Crippen molar-refractivity contribution in [2.75, 3.05) is 25.0 Å². The first-order valence-electron chi connectivity index (χ1n) is 8.80. The van der Waals surface area contributed by atoms with Gasteiger partial charge in [-0.3, -0.25) is 0 Å². The number of benzene rings is 2. The Morgan fingerprint density at radius 1 is 1.04 bits per heavy atom. The summed E-state index contributed by atoms with van der Waals surface area (Å²) < 4.78 is 27.7. The number of fused-ring (bicyclic) bond motifs is 1. The first-order chi connectivity index (χ1) is 12.7. The van der Waals surface area contributed by atoms with Crippen LogP contribution in [0, 0.1) is 11.6 Å². The Bertz CT molecular complexity index is 936. The molecule has 0 atom stereocenters. The Morgan fingerprint density at radius 2 is 1.81 bits per heavy atom. The van der Waals surface area contributed by atoms with Crippen LogP contribution in [0.25, 0.3) is 22.2 Å². The van der Waals surface area contributed by atoms with Gasteiger partial charge in [-0.05, 0) is 38.1 Å². The summed E-state index contributed by atoms with van der Waals surface area (Å²) in [4.78, 5) is 11.5. The predicted octanol–water partition coefficient (Wildman–Crippen LogP) is 3.76. The molecule has 1 aliphatic rings. The van der Waals surface area contributed by atoms with Crippen molar-refractivity contribution in [3.8, 4) is 11.3 Å². The van der Waals surface area contributed by atoms with Gasteiger partial charge in [-0.1, -0.05) is 18.2 Å². The van der Waals surface area contributed by atoms with E-state index in [4.69, 9.17) is 0 Å². The molecular formula is C20H20F2N4. The van der Waals surface area contributed by atoms with Crippen molar-refractivity contribution in [3.63, 3.8) is 0 Å². The Kier molecular flexibility index (Phi) is 4.51. The van der Waals surface area contributed by atoms with Crippen molar-refractivity contribution in [2.24, 2.45) is 0 Å². The molecule has 1 aliphatic heterocycles. The minimum atomic E-state index is -0.617. The summed E-state index contributed by atoms with van der Waals surface area (Å²) in [6, 6.07) is 11.6. The van der Waals surface area contributed by atoms with Crippen LogP contribution in [0.3, 0.4) is 0 Å². The van der Waals surface area contributed by atoms with Crippen LogP contribution in [-0.4, -0.2) is 36.1 Å². The van der Waals surface area contributed by atoms with Crippen LogP contribution in [-0.2, 0) is 0 Å². The maximum Gasteiger partial charge on any atom is 0.226 e. The highest BCUT2D eigenvalue weighted by atomic mass is 19.1. The van der Waals surface area contributed by atoms with E-state index in [9.17, 15) is 8.78 Å². The second kappa shape index (κ2) is 6.96. The summed E-state index contributed by atoms with van der Waals surface area (Å²) in [7, 11) is 1.97. The van der Waals surface area contributed by atoms with E-state index in [-0.39, 0.29) is 5.56 Å². The monoisotopic (exact) mass is 354 g/mol. The highest BCUT2D eigenvalue weighted by Crippen LogP contribution is 2.31. The summed E-state index contributed by atoms with van der Waals surface area (Å²) in [5.41, 5.74) is 1.54. The molecule has 0 bridgehead atoms. The average molecular weight is 354 g/mol. The minimum absolute atomic E-state index is 0.288. The number of rotatable bonds is 3. The van der Waals surface area contributed by atoms with Crippen LogP contribution in [0.2, 0.25) is 0 Å². The van der Waals surface area contributed by atoms with Gasteiger partial charge in [0.15, 0.2) is 0 Å². The Morgan fingerprint density at radius 3 is 2.54 bits per heavy atom. The number of para-hydroxylation sites is 1. The van der Waals surface area contributed by atoms with E-state index in [0.717, 1.165) is 42.9 Å². The molecule has 0 unspecified atom stereocenters. The number of nitrogens with zero attached hydrogens (tertiary/aromatic N) is 3.